The van der Waals surface area contributed by atoms with Crippen LogP contribution in [-0.2, 0) is 27.5 Å². The van der Waals surface area contributed by atoms with Gasteiger partial charge in [0.1, 0.15) is 12.4 Å². The van der Waals surface area contributed by atoms with Crippen LogP contribution in [0.25, 0.3) is 0 Å². The third-order valence-corrected chi connectivity index (χ3v) is 5.85. The highest BCUT2D eigenvalue weighted by Gasteiger charge is 2.22. The average Bonchev–Trinajstić information content (AvgIpc) is 2.84. The largest absolute Gasteiger partial charge is 0.367 e. The normalized spacial score (nSPS) is 14.3. The van der Waals surface area contributed by atoms with Gasteiger partial charge in [-0.2, -0.15) is 0 Å². The lowest BCUT2D eigenvalue weighted by Gasteiger charge is -2.36. The Bertz CT molecular complexity index is 868. The molecule has 1 fully saturated rings. The second-order valence-electron chi connectivity index (χ2n) is 8.39. The Kier molecular flexibility index (Phi) is 9.84. The number of carbonyl (C=O) groups is 2. The molecule has 1 heterocycles. The summed E-state index contributed by atoms with van der Waals surface area (Å²) in [5, 5.41) is 0. The molecule has 0 aliphatic carbocycles. The van der Waals surface area contributed by atoms with Gasteiger partial charge in [-0.1, -0.05) is 49.4 Å². The molecule has 2 aromatic rings. The number of rotatable bonds is 11. The number of carbonyl (C=O) groups excluding carboxylic acids is 2. The van der Waals surface area contributed by atoms with Crippen molar-refractivity contribution in [1.82, 2.24) is 14.7 Å². The van der Waals surface area contributed by atoms with E-state index in [1.54, 1.807) is 12.1 Å². The molecule has 2 amide bonds. The molecule has 33 heavy (non-hydrogen) atoms. The van der Waals surface area contributed by atoms with Crippen LogP contribution in [0.5, 0.6) is 0 Å². The van der Waals surface area contributed by atoms with E-state index in [-0.39, 0.29) is 24.2 Å². The van der Waals surface area contributed by atoms with Crippen LogP contribution in [0.2, 0.25) is 0 Å². The molecule has 0 N–H and O–H groups in total. The van der Waals surface area contributed by atoms with Crippen molar-refractivity contribution in [3.63, 3.8) is 0 Å². The minimum Gasteiger partial charge on any atom is -0.367 e. The van der Waals surface area contributed by atoms with Gasteiger partial charge in [-0.25, -0.2) is 4.39 Å². The smallest absolute Gasteiger partial charge is 0.248 e. The second kappa shape index (κ2) is 13.1. The molecule has 0 aromatic heterocycles. The van der Waals surface area contributed by atoms with E-state index in [0.29, 0.717) is 39.2 Å². The van der Waals surface area contributed by atoms with Gasteiger partial charge in [-0.3, -0.25) is 14.5 Å². The van der Waals surface area contributed by atoms with Crippen LogP contribution in [0.1, 0.15) is 30.9 Å². The molecule has 0 spiro atoms. The molecule has 3 rings (SSSR count). The Hall–Kier alpha value is -2.77. The van der Waals surface area contributed by atoms with Crippen molar-refractivity contribution >= 4 is 11.8 Å². The molecular formula is C26H34FN3O3. The van der Waals surface area contributed by atoms with Crippen molar-refractivity contribution in [2.45, 2.75) is 32.9 Å². The molecule has 0 saturated carbocycles. The highest BCUT2D eigenvalue weighted by atomic mass is 19.1. The lowest BCUT2D eigenvalue weighted by Crippen LogP contribution is -2.51. The van der Waals surface area contributed by atoms with Crippen LogP contribution in [0.15, 0.2) is 54.6 Å². The maximum absolute atomic E-state index is 13.2. The first-order chi connectivity index (χ1) is 16.0. The Morgan fingerprint density at radius 2 is 1.67 bits per heavy atom. The monoisotopic (exact) mass is 455 g/mol. The van der Waals surface area contributed by atoms with Crippen molar-refractivity contribution < 1.29 is 18.7 Å². The zero-order valence-electron chi connectivity index (χ0n) is 19.4. The summed E-state index contributed by atoms with van der Waals surface area (Å²) in [6.45, 7) is 7.24. The van der Waals surface area contributed by atoms with Gasteiger partial charge < -0.3 is 14.5 Å². The lowest BCUT2D eigenvalue weighted by atomic mass is 10.2. The number of nitrogens with zero attached hydrogens (tertiary/aromatic N) is 3. The summed E-state index contributed by atoms with van der Waals surface area (Å²) in [5.74, 6) is -0.143. The number of halogens is 1. The van der Waals surface area contributed by atoms with Crippen LogP contribution >= 0.6 is 0 Å². The molecular weight excluding hydrogens is 421 g/mol. The molecule has 0 radical (unpaired) electrons. The summed E-state index contributed by atoms with van der Waals surface area (Å²) in [6, 6.07) is 16.1. The van der Waals surface area contributed by atoms with Crippen molar-refractivity contribution in [1.29, 1.82) is 0 Å². The number of hydrogen-bond acceptors (Lipinski definition) is 4. The van der Waals surface area contributed by atoms with Crippen molar-refractivity contribution in [2.75, 3.05) is 45.9 Å². The van der Waals surface area contributed by atoms with E-state index in [9.17, 15) is 14.0 Å². The average molecular weight is 456 g/mol. The van der Waals surface area contributed by atoms with Crippen molar-refractivity contribution in [2.24, 2.45) is 0 Å². The molecule has 7 heteroatoms. The summed E-state index contributed by atoms with van der Waals surface area (Å²) >= 11 is 0. The predicted molar refractivity (Wildman–Crippen MR) is 126 cm³/mol. The number of amides is 2. The minimum atomic E-state index is -0.275. The SMILES string of the molecule is CCCC(=O)N(CCN1CCN(C(=O)COCc2ccccc2)CC1)Cc1ccc(F)cc1. The first-order valence-electron chi connectivity index (χ1n) is 11.7. The van der Waals surface area contributed by atoms with Gasteiger partial charge in [0.15, 0.2) is 0 Å². The van der Waals surface area contributed by atoms with Crippen LogP contribution in [0.3, 0.4) is 0 Å². The van der Waals surface area contributed by atoms with Gasteiger partial charge in [0, 0.05) is 52.2 Å². The fourth-order valence-corrected chi connectivity index (χ4v) is 3.88. The standard InChI is InChI=1S/C26H34FN3O3/c1-2-6-25(31)30(19-22-9-11-24(27)12-10-22)18-15-28-13-16-29(17-14-28)26(32)21-33-20-23-7-4-3-5-8-23/h3-5,7-12H,2,6,13-21H2,1H3. The summed E-state index contributed by atoms with van der Waals surface area (Å²) < 4.78 is 18.8. The van der Waals surface area contributed by atoms with Crippen molar-refractivity contribution in [3.05, 3.63) is 71.5 Å². The first kappa shape index (κ1) is 24.9. The quantitative estimate of drug-likeness (QED) is 0.522. The van der Waals surface area contributed by atoms with E-state index in [1.807, 2.05) is 47.1 Å². The molecule has 0 unspecified atom stereocenters. The van der Waals surface area contributed by atoms with Crippen LogP contribution in [0.4, 0.5) is 4.39 Å². The van der Waals surface area contributed by atoms with E-state index >= 15 is 0 Å². The molecule has 6 nitrogen and oxygen atoms in total. The third-order valence-electron chi connectivity index (χ3n) is 5.85. The van der Waals surface area contributed by atoms with Gasteiger partial charge in [0.25, 0.3) is 0 Å². The first-order valence-corrected chi connectivity index (χ1v) is 11.7. The predicted octanol–water partition coefficient (Wildman–Crippen LogP) is 3.32. The fraction of sp³-hybridized carbons (Fsp3) is 0.462. The van der Waals surface area contributed by atoms with Crippen LogP contribution in [-0.4, -0.2) is 72.4 Å². The van der Waals surface area contributed by atoms with Gasteiger partial charge in [-0.05, 0) is 29.7 Å². The molecule has 1 saturated heterocycles. The van der Waals surface area contributed by atoms with E-state index in [1.165, 1.54) is 12.1 Å². The number of piperazine rings is 1. The number of ether oxygens (including phenoxy) is 1. The highest BCUT2D eigenvalue weighted by molar-refractivity contribution is 5.77. The zero-order chi connectivity index (χ0) is 23.5. The van der Waals surface area contributed by atoms with E-state index < -0.39 is 0 Å². The van der Waals surface area contributed by atoms with E-state index in [2.05, 4.69) is 4.90 Å². The van der Waals surface area contributed by atoms with Gasteiger partial charge in [-0.15, -0.1) is 0 Å². The molecule has 1 aliphatic rings. The fourth-order valence-electron chi connectivity index (χ4n) is 3.88. The molecule has 178 valence electrons. The van der Waals surface area contributed by atoms with Gasteiger partial charge >= 0.3 is 0 Å². The molecule has 1 aliphatic heterocycles. The zero-order valence-corrected chi connectivity index (χ0v) is 19.4. The Balaban J connectivity index is 1.41. The number of hydrogen-bond donors (Lipinski definition) is 0. The Labute approximate surface area is 195 Å². The Morgan fingerprint density at radius 3 is 2.33 bits per heavy atom. The molecule has 2 aromatic carbocycles. The second-order valence-corrected chi connectivity index (χ2v) is 8.39. The minimum absolute atomic E-state index is 0.0154. The van der Waals surface area contributed by atoms with Crippen molar-refractivity contribution in [3.8, 4) is 0 Å². The number of benzene rings is 2. The summed E-state index contributed by atoms with van der Waals surface area (Å²) in [7, 11) is 0. The molecule has 0 atom stereocenters. The maximum atomic E-state index is 13.2. The maximum Gasteiger partial charge on any atom is 0.248 e. The lowest BCUT2D eigenvalue weighted by molar-refractivity contribution is -0.138. The highest BCUT2D eigenvalue weighted by Crippen LogP contribution is 2.10. The van der Waals surface area contributed by atoms with Crippen LogP contribution < -0.4 is 0 Å². The summed E-state index contributed by atoms with van der Waals surface area (Å²) in [4.78, 5) is 31.0. The van der Waals surface area contributed by atoms with Gasteiger partial charge in [0.2, 0.25) is 11.8 Å². The van der Waals surface area contributed by atoms with Crippen LogP contribution in [0, 0.1) is 5.82 Å². The Morgan fingerprint density at radius 1 is 0.970 bits per heavy atom. The van der Waals surface area contributed by atoms with E-state index in [0.717, 1.165) is 37.2 Å². The summed E-state index contributed by atoms with van der Waals surface area (Å²) in [5.41, 5.74) is 1.98. The van der Waals surface area contributed by atoms with Gasteiger partial charge in [0.05, 0.1) is 6.61 Å². The van der Waals surface area contributed by atoms with E-state index in [4.69, 9.17) is 4.74 Å². The topological polar surface area (TPSA) is 53.1 Å². The molecule has 0 bridgehead atoms. The third kappa shape index (κ3) is 8.26. The summed E-state index contributed by atoms with van der Waals surface area (Å²) in [6.07, 6.45) is 1.30.